The van der Waals surface area contributed by atoms with Crippen LogP contribution in [0.25, 0.3) is 0 Å². The molecule has 11 heteroatoms. The van der Waals surface area contributed by atoms with Gasteiger partial charge in [0.1, 0.15) is 11.4 Å². The zero-order chi connectivity index (χ0) is 25.1. The Morgan fingerprint density at radius 1 is 0.941 bits per heavy atom. The van der Waals surface area contributed by atoms with Crippen LogP contribution < -0.4 is 21.8 Å². The van der Waals surface area contributed by atoms with Crippen molar-refractivity contribution in [2.45, 2.75) is 45.6 Å². The molecule has 186 valence electrons. The molecule has 0 radical (unpaired) electrons. The van der Waals surface area contributed by atoms with Crippen molar-refractivity contribution in [3.8, 4) is 0 Å². The first-order chi connectivity index (χ1) is 16.3. The molecule has 2 aromatic heterocycles. The SMILES string of the molecule is CCCCCC(CN(CC)CCNC(=O)c1cccc(=O)n1O)NC(=O)c1cccc(=O)n1O. The molecule has 0 bridgehead atoms. The van der Waals surface area contributed by atoms with E-state index in [0.717, 1.165) is 31.4 Å². The summed E-state index contributed by atoms with van der Waals surface area (Å²) in [6.45, 7) is 5.93. The molecule has 11 nitrogen and oxygen atoms in total. The van der Waals surface area contributed by atoms with Gasteiger partial charge in [-0.05, 0) is 25.1 Å². The number of likely N-dealkylation sites (N-methyl/N-ethyl adjacent to an activating group) is 1. The van der Waals surface area contributed by atoms with Crippen molar-refractivity contribution in [1.82, 2.24) is 25.0 Å². The van der Waals surface area contributed by atoms with Crippen LogP contribution in [-0.4, -0.2) is 68.8 Å². The highest BCUT2D eigenvalue weighted by Gasteiger charge is 2.19. The molecule has 2 amide bonds. The van der Waals surface area contributed by atoms with Gasteiger partial charge in [-0.1, -0.05) is 45.2 Å². The summed E-state index contributed by atoms with van der Waals surface area (Å²) in [5.41, 5.74) is -1.67. The van der Waals surface area contributed by atoms with E-state index in [-0.39, 0.29) is 24.0 Å². The Balaban J connectivity index is 1.99. The molecule has 0 saturated carbocycles. The average Bonchev–Trinajstić information content (AvgIpc) is 2.81. The van der Waals surface area contributed by atoms with E-state index in [9.17, 15) is 29.6 Å². The van der Waals surface area contributed by atoms with Crippen molar-refractivity contribution in [3.63, 3.8) is 0 Å². The predicted molar refractivity (Wildman–Crippen MR) is 126 cm³/mol. The minimum atomic E-state index is -0.694. The van der Waals surface area contributed by atoms with Crippen molar-refractivity contribution < 1.29 is 20.0 Å². The molecule has 0 aliphatic carbocycles. The fourth-order valence-electron chi connectivity index (χ4n) is 3.52. The molecule has 0 fully saturated rings. The number of rotatable bonds is 13. The molecule has 2 heterocycles. The Morgan fingerprint density at radius 3 is 2.09 bits per heavy atom. The molecule has 0 aromatic carbocycles. The fourth-order valence-corrected chi connectivity index (χ4v) is 3.52. The highest BCUT2D eigenvalue weighted by atomic mass is 16.5. The number of aromatic nitrogens is 2. The molecule has 2 rings (SSSR count). The van der Waals surface area contributed by atoms with Crippen molar-refractivity contribution in [2.24, 2.45) is 0 Å². The minimum absolute atomic E-state index is 0.138. The Hall–Kier alpha value is -3.60. The predicted octanol–water partition coefficient (Wildman–Crippen LogP) is 0.915. The quantitative estimate of drug-likeness (QED) is 0.249. The van der Waals surface area contributed by atoms with E-state index in [1.807, 2.05) is 11.8 Å². The highest BCUT2D eigenvalue weighted by Crippen LogP contribution is 2.07. The number of hydrogen-bond acceptors (Lipinski definition) is 7. The van der Waals surface area contributed by atoms with E-state index >= 15 is 0 Å². The molecule has 0 aliphatic rings. The molecule has 4 N–H and O–H groups in total. The lowest BCUT2D eigenvalue weighted by molar-refractivity contribution is 0.0861. The second kappa shape index (κ2) is 13.2. The summed E-state index contributed by atoms with van der Waals surface area (Å²) in [4.78, 5) is 50.2. The summed E-state index contributed by atoms with van der Waals surface area (Å²) in [6, 6.07) is 7.60. The molecule has 34 heavy (non-hydrogen) atoms. The van der Waals surface area contributed by atoms with Crippen molar-refractivity contribution in [2.75, 3.05) is 26.2 Å². The molecule has 0 aliphatic heterocycles. The maximum atomic E-state index is 12.7. The van der Waals surface area contributed by atoms with Gasteiger partial charge in [0, 0.05) is 37.8 Å². The first-order valence-corrected chi connectivity index (χ1v) is 11.4. The van der Waals surface area contributed by atoms with E-state index in [1.54, 1.807) is 0 Å². The smallest absolute Gasteiger partial charge is 0.283 e. The maximum Gasteiger partial charge on any atom is 0.283 e. The van der Waals surface area contributed by atoms with Crippen LogP contribution in [0.3, 0.4) is 0 Å². The van der Waals surface area contributed by atoms with Gasteiger partial charge in [-0.25, -0.2) is 0 Å². The number of carbonyl (C=O) groups excluding carboxylic acids is 2. The van der Waals surface area contributed by atoms with Crippen molar-refractivity contribution in [3.05, 3.63) is 68.5 Å². The lowest BCUT2D eigenvalue weighted by Gasteiger charge is -2.27. The summed E-state index contributed by atoms with van der Waals surface area (Å²) in [5.74, 6) is -1.12. The fraction of sp³-hybridized carbons (Fsp3) is 0.478. The largest absolute Gasteiger partial charge is 0.425 e. The molecule has 1 unspecified atom stereocenters. The molecular formula is C23H33N5O6. The standard InChI is InChI=1S/C23H33N5O6/c1-3-5-6-9-17(25-23(32)19-11-8-13-21(30)28(19)34)16-26(4-2)15-14-24-22(31)18-10-7-12-20(29)27(18)33/h7-8,10-13,17,33-34H,3-6,9,14-16H2,1-2H3,(H,24,31)(H,25,32). The van der Waals surface area contributed by atoms with Gasteiger partial charge in [-0.2, -0.15) is 0 Å². The number of unbranched alkanes of at least 4 members (excludes halogenated alkanes) is 2. The van der Waals surface area contributed by atoms with Crippen LogP contribution in [-0.2, 0) is 0 Å². The number of nitrogens with zero attached hydrogens (tertiary/aromatic N) is 3. The van der Waals surface area contributed by atoms with Crippen LogP contribution in [0.5, 0.6) is 0 Å². The molecule has 2 aromatic rings. The normalized spacial score (nSPS) is 11.9. The Labute approximate surface area is 197 Å². The summed E-state index contributed by atoms with van der Waals surface area (Å²) in [6.07, 6.45) is 3.64. The monoisotopic (exact) mass is 475 g/mol. The van der Waals surface area contributed by atoms with Gasteiger partial charge in [-0.3, -0.25) is 24.1 Å². The van der Waals surface area contributed by atoms with Gasteiger partial charge in [0.15, 0.2) is 0 Å². The zero-order valence-corrected chi connectivity index (χ0v) is 19.6. The first-order valence-electron chi connectivity index (χ1n) is 11.4. The molecule has 0 saturated heterocycles. The van der Waals surface area contributed by atoms with Gasteiger partial charge in [0.05, 0.1) is 0 Å². The lowest BCUT2D eigenvalue weighted by atomic mass is 10.1. The van der Waals surface area contributed by atoms with Gasteiger partial charge in [0.25, 0.3) is 22.9 Å². The van der Waals surface area contributed by atoms with Crippen molar-refractivity contribution in [1.29, 1.82) is 0 Å². The number of pyridine rings is 2. The number of carbonyl (C=O) groups is 2. The Bertz CT molecular complexity index is 1080. The Kier molecular flexibility index (Phi) is 10.3. The minimum Gasteiger partial charge on any atom is -0.425 e. The second-order valence-corrected chi connectivity index (χ2v) is 7.94. The van der Waals surface area contributed by atoms with Crippen molar-refractivity contribution >= 4 is 11.8 Å². The third kappa shape index (κ3) is 7.48. The van der Waals surface area contributed by atoms with E-state index in [2.05, 4.69) is 17.6 Å². The van der Waals surface area contributed by atoms with Gasteiger partial charge in [-0.15, -0.1) is 9.46 Å². The lowest BCUT2D eigenvalue weighted by Crippen LogP contribution is -2.46. The van der Waals surface area contributed by atoms with Gasteiger partial charge < -0.3 is 21.0 Å². The summed E-state index contributed by atoms with van der Waals surface area (Å²) >= 11 is 0. The Morgan fingerprint density at radius 2 is 1.53 bits per heavy atom. The maximum absolute atomic E-state index is 12.7. The molecule has 0 spiro atoms. The summed E-state index contributed by atoms with van der Waals surface area (Å²) < 4.78 is 0.631. The molecule has 1 atom stereocenters. The number of amides is 2. The van der Waals surface area contributed by atoms with Crippen LogP contribution in [0, 0.1) is 0 Å². The van der Waals surface area contributed by atoms with E-state index in [0.29, 0.717) is 35.5 Å². The summed E-state index contributed by atoms with van der Waals surface area (Å²) in [7, 11) is 0. The van der Waals surface area contributed by atoms with Gasteiger partial charge >= 0.3 is 0 Å². The third-order valence-corrected chi connectivity index (χ3v) is 5.46. The zero-order valence-electron chi connectivity index (χ0n) is 19.6. The van der Waals surface area contributed by atoms with E-state index < -0.39 is 22.9 Å². The van der Waals surface area contributed by atoms with Crippen LogP contribution in [0.1, 0.15) is 60.5 Å². The van der Waals surface area contributed by atoms with E-state index in [1.165, 1.54) is 24.3 Å². The topological polar surface area (TPSA) is 146 Å². The van der Waals surface area contributed by atoms with Crippen LogP contribution >= 0.6 is 0 Å². The van der Waals surface area contributed by atoms with Crippen LogP contribution in [0.15, 0.2) is 46.0 Å². The third-order valence-electron chi connectivity index (χ3n) is 5.46. The van der Waals surface area contributed by atoms with Crippen LogP contribution in [0.4, 0.5) is 0 Å². The summed E-state index contributed by atoms with van der Waals surface area (Å²) in [5, 5.41) is 25.2. The second-order valence-electron chi connectivity index (χ2n) is 7.94. The highest BCUT2D eigenvalue weighted by molar-refractivity contribution is 5.93. The van der Waals surface area contributed by atoms with Gasteiger partial charge in [0.2, 0.25) is 0 Å². The average molecular weight is 476 g/mol. The molecular weight excluding hydrogens is 442 g/mol. The van der Waals surface area contributed by atoms with E-state index in [4.69, 9.17) is 0 Å². The van der Waals surface area contributed by atoms with Crippen LogP contribution in [0.2, 0.25) is 0 Å². The number of hydrogen-bond donors (Lipinski definition) is 4. The first kappa shape index (κ1) is 26.7. The number of nitrogens with one attached hydrogen (secondary N) is 2.